The van der Waals surface area contributed by atoms with Gasteiger partial charge in [-0.15, -0.1) is 0 Å². The number of nitrogens with zero attached hydrogens (tertiary/aromatic N) is 2. The Balaban J connectivity index is 1.84. The van der Waals surface area contributed by atoms with Crippen molar-refractivity contribution in [1.82, 2.24) is 9.47 Å². The fourth-order valence-electron chi connectivity index (χ4n) is 3.21. The number of hydrogen-bond acceptors (Lipinski definition) is 2. The topological polar surface area (TPSA) is 17.4 Å². The summed E-state index contributed by atoms with van der Waals surface area (Å²) in [7, 11) is 0. The molecule has 1 radical (unpaired) electrons. The van der Waals surface area contributed by atoms with Crippen LogP contribution in [0.2, 0.25) is 0 Å². The van der Waals surface area contributed by atoms with Crippen LogP contribution in [0.3, 0.4) is 0 Å². The summed E-state index contributed by atoms with van der Waals surface area (Å²) < 4.78 is 8.10. The molecule has 0 N–H and O–H groups in total. The van der Waals surface area contributed by atoms with Gasteiger partial charge >= 0.3 is 0 Å². The lowest BCUT2D eigenvalue weighted by Gasteiger charge is -2.16. The van der Waals surface area contributed by atoms with Gasteiger partial charge in [0.25, 0.3) is 0 Å². The normalized spacial score (nSPS) is 15.7. The minimum atomic E-state index is 0.747. The predicted molar refractivity (Wildman–Crippen MR) is 87.6 cm³/mol. The van der Waals surface area contributed by atoms with Crippen molar-refractivity contribution < 1.29 is 4.74 Å². The molecule has 111 valence electrons. The highest BCUT2D eigenvalue weighted by Gasteiger charge is 2.14. The van der Waals surface area contributed by atoms with E-state index in [2.05, 4.69) is 37.1 Å². The van der Waals surface area contributed by atoms with Gasteiger partial charge in [0.05, 0.1) is 5.52 Å². The number of aromatic nitrogens is 1. The zero-order valence-electron chi connectivity index (χ0n) is 12.9. The molecule has 1 aromatic carbocycles. The number of aryl methyl sites for hydroxylation is 2. The minimum absolute atomic E-state index is 0.747. The van der Waals surface area contributed by atoms with Crippen LogP contribution >= 0.6 is 0 Å². The first-order valence-electron chi connectivity index (χ1n) is 7.71. The maximum absolute atomic E-state index is 6.14. The maximum Gasteiger partial charge on any atom is 0.131 e. The molecule has 1 saturated heterocycles. The molecule has 3 nitrogen and oxygen atoms in total. The number of fused-ring (bicyclic) bond motifs is 1. The first kappa shape index (κ1) is 14.2. The SMILES string of the molecule is [CH]=Cn1cc(C)c2c(OCCN3CCCC3)c(C)ccc21. The van der Waals surface area contributed by atoms with Crippen molar-refractivity contribution in [2.75, 3.05) is 26.2 Å². The van der Waals surface area contributed by atoms with E-state index < -0.39 is 0 Å². The van der Waals surface area contributed by atoms with Crippen molar-refractivity contribution >= 4 is 17.1 Å². The molecule has 0 saturated carbocycles. The van der Waals surface area contributed by atoms with E-state index in [0.29, 0.717) is 0 Å². The molecule has 2 aromatic rings. The van der Waals surface area contributed by atoms with Crippen molar-refractivity contribution in [2.45, 2.75) is 26.7 Å². The monoisotopic (exact) mass is 283 g/mol. The summed E-state index contributed by atoms with van der Waals surface area (Å²) in [5.41, 5.74) is 3.49. The van der Waals surface area contributed by atoms with Crippen LogP contribution in [0.1, 0.15) is 24.0 Å². The number of hydrogen-bond donors (Lipinski definition) is 0. The smallest absolute Gasteiger partial charge is 0.131 e. The largest absolute Gasteiger partial charge is 0.491 e. The summed E-state index contributed by atoms with van der Waals surface area (Å²) in [6.45, 7) is 14.1. The first-order chi connectivity index (χ1) is 10.2. The molecular weight excluding hydrogens is 260 g/mol. The summed E-state index contributed by atoms with van der Waals surface area (Å²) >= 11 is 0. The second-order valence-corrected chi connectivity index (χ2v) is 5.87. The fourth-order valence-corrected chi connectivity index (χ4v) is 3.21. The van der Waals surface area contributed by atoms with Crippen LogP contribution in [-0.4, -0.2) is 35.7 Å². The molecule has 3 rings (SSSR count). The Labute approximate surface area is 126 Å². The van der Waals surface area contributed by atoms with Gasteiger partial charge < -0.3 is 9.30 Å². The number of rotatable bonds is 5. The number of ether oxygens (including phenoxy) is 1. The third-order valence-electron chi connectivity index (χ3n) is 4.35. The summed E-state index contributed by atoms with van der Waals surface area (Å²) in [6.07, 6.45) is 6.29. The molecule has 1 fully saturated rings. The predicted octanol–water partition coefficient (Wildman–Crippen LogP) is 3.64. The van der Waals surface area contributed by atoms with E-state index in [9.17, 15) is 0 Å². The van der Waals surface area contributed by atoms with Gasteiger partial charge in [-0.3, -0.25) is 4.90 Å². The van der Waals surface area contributed by atoms with Crippen LogP contribution < -0.4 is 4.74 Å². The van der Waals surface area contributed by atoms with Gasteiger partial charge in [0.15, 0.2) is 0 Å². The Morgan fingerprint density at radius 2 is 1.95 bits per heavy atom. The van der Waals surface area contributed by atoms with E-state index in [-0.39, 0.29) is 0 Å². The summed E-state index contributed by atoms with van der Waals surface area (Å²) in [5, 5.41) is 1.18. The lowest BCUT2D eigenvalue weighted by molar-refractivity contribution is 0.238. The zero-order chi connectivity index (χ0) is 14.8. The molecule has 0 amide bonds. The van der Waals surface area contributed by atoms with E-state index >= 15 is 0 Å². The Morgan fingerprint density at radius 3 is 2.67 bits per heavy atom. The Bertz CT molecular complexity index is 651. The Morgan fingerprint density at radius 1 is 1.19 bits per heavy atom. The molecule has 0 bridgehead atoms. The van der Waals surface area contributed by atoms with Crippen LogP contribution in [0.4, 0.5) is 0 Å². The summed E-state index contributed by atoms with van der Waals surface area (Å²) in [6, 6.07) is 4.21. The van der Waals surface area contributed by atoms with Crippen molar-refractivity contribution in [2.24, 2.45) is 0 Å². The van der Waals surface area contributed by atoms with Gasteiger partial charge in [-0.1, -0.05) is 6.07 Å². The molecule has 3 heteroatoms. The van der Waals surface area contributed by atoms with Crippen LogP contribution in [0, 0.1) is 20.4 Å². The highest BCUT2D eigenvalue weighted by Crippen LogP contribution is 2.33. The highest BCUT2D eigenvalue weighted by atomic mass is 16.5. The van der Waals surface area contributed by atoms with Gasteiger partial charge in [-0.25, -0.2) is 0 Å². The average molecular weight is 283 g/mol. The van der Waals surface area contributed by atoms with Crippen LogP contribution in [0.5, 0.6) is 5.75 Å². The molecule has 0 unspecified atom stereocenters. The molecule has 0 spiro atoms. The maximum atomic E-state index is 6.14. The first-order valence-corrected chi connectivity index (χ1v) is 7.71. The highest BCUT2D eigenvalue weighted by molar-refractivity contribution is 5.92. The van der Waals surface area contributed by atoms with E-state index in [1.165, 1.54) is 42.4 Å². The van der Waals surface area contributed by atoms with Crippen LogP contribution in [0.25, 0.3) is 17.1 Å². The lowest BCUT2D eigenvalue weighted by atomic mass is 10.1. The quantitative estimate of drug-likeness (QED) is 0.833. The van der Waals surface area contributed by atoms with Crippen molar-refractivity contribution in [3.05, 3.63) is 36.0 Å². The Kier molecular flexibility index (Phi) is 4.02. The minimum Gasteiger partial charge on any atom is -0.491 e. The van der Waals surface area contributed by atoms with E-state index in [1.807, 2.05) is 4.57 Å². The van der Waals surface area contributed by atoms with Crippen molar-refractivity contribution in [3.63, 3.8) is 0 Å². The van der Waals surface area contributed by atoms with Crippen LogP contribution in [0.15, 0.2) is 18.3 Å². The van der Waals surface area contributed by atoms with E-state index in [0.717, 1.165) is 24.4 Å². The van der Waals surface area contributed by atoms with Gasteiger partial charge in [0, 0.05) is 24.3 Å². The third kappa shape index (κ3) is 2.70. The molecule has 0 atom stereocenters. The van der Waals surface area contributed by atoms with Gasteiger partial charge in [-0.2, -0.15) is 0 Å². The molecule has 2 heterocycles. The number of benzene rings is 1. The molecule has 0 aliphatic carbocycles. The molecular formula is C18H23N2O. The second kappa shape index (κ2) is 5.94. The van der Waals surface area contributed by atoms with Crippen molar-refractivity contribution in [1.29, 1.82) is 0 Å². The summed E-state index contributed by atoms with van der Waals surface area (Å²) in [5.74, 6) is 1.00. The van der Waals surface area contributed by atoms with Gasteiger partial charge in [-0.05, 0) is 63.6 Å². The lowest BCUT2D eigenvalue weighted by Crippen LogP contribution is -2.25. The zero-order valence-corrected chi connectivity index (χ0v) is 12.9. The van der Waals surface area contributed by atoms with E-state index in [1.54, 1.807) is 6.20 Å². The van der Waals surface area contributed by atoms with Crippen LogP contribution in [-0.2, 0) is 0 Å². The Hall–Kier alpha value is -1.74. The van der Waals surface area contributed by atoms with Gasteiger partial charge in [0.2, 0.25) is 0 Å². The second-order valence-electron chi connectivity index (χ2n) is 5.87. The standard InChI is InChI=1S/C18H23N2O/c1-4-20-13-15(3)17-16(20)8-7-14(2)18(17)21-12-11-19-9-5-6-10-19/h1,4,7-8,13H,5-6,9-12H2,2-3H3. The summed E-state index contributed by atoms with van der Waals surface area (Å²) in [4.78, 5) is 2.47. The fraction of sp³-hybridized carbons (Fsp3) is 0.444. The molecule has 1 aliphatic heterocycles. The van der Waals surface area contributed by atoms with E-state index in [4.69, 9.17) is 11.3 Å². The molecule has 21 heavy (non-hydrogen) atoms. The average Bonchev–Trinajstić information content (AvgIpc) is 3.09. The molecule has 1 aliphatic rings. The van der Waals surface area contributed by atoms with Crippen molar-refractivity contribution in [3.8, 4) is 5.75 Å². The molecule has 1 aromatic heterocycles. The number of likely N-dealkylation sites (tertiary alicyclic amines) is 1. The van der Waals surface area contributed by atoms with Gasteiger partial charge in [0.1, 0.15) is 12.4 Å². The third-order valence-corrected chi connectivity index (χ3v) is 4.35.